The molecule has 0 heterocycles. The molecule has 0 aromatic heterocycles. The van der Waals surface area contributed by atoms with Crippen LogP contribution < -0.4 is 0 Å². The van der Waals surface area contributed by atoms with E-state index in [4.69, 9.17) is 4.74 Å². The fraction of sp³-hybridized carbons (Fsp3) is 0.920. The molecular weight excluding hydrogens is 501 g/mol. The van der Waals surface area contributed by atoms with Gasteiger partial charge >= 0.3 is 18.1 Å². The van der Waals surface area contributed by atoms with E-state index in [1.165, 1.54) is 57.8 Å². The van der Waals surface area contributed by atoms with Crippen LogP contribution in [-0.4, -0.2) is 36.2 Å². The molecule has 0 aromatic carbocycles. The Kier molecular flexibility index (Phi) is 18.1. The molecule has 0 N–H and O–H groups in total. The molecule has 0 fully saturated rings. The number of rotatable bonds is 20. The van der Waals surface area contributed by atoms with Crippen molar-refractivity contribution in [3.05, 3.63) is 0 Å². The van der Waals surface area contributed by atoms with E-state index in [1.54, 1.807) is 13.8 Å². The monoisotopic (exact) mass is 544 g/mol. The molecule has 0 aliphatic carbocycles. The highest BCUT2D eigenvalue weighted by molar-refractivity contribution is 9.09. The summed E-state index contributed by atoms with van der Waals surface area (Å²) < 4.78 is 48.8. The van der Waals surface area contributed by atoms with Crippen molar-refractivity contribution >= 4 is 27.9 Å². The molecule has 1 unspecified atom stereocenters. The van der Waals surface area contributed by atoms with Crippen LogP contribution in [0, 0.1) is 5.41 Å². The maximum atomic E-state index is 12.9. The molecular formula is C25H44BrF3O4. The predicted molar refractivity (Wildman–Crippen MR) is 129 cm³/mol. The van der Waals surface area contributed by atoms with Gasteiger partial charge in [-0.05, 0) is 19.3 Å². The Balaban J connectivity index is 4.15. The third kappa shape index (κ3) is 13.0. The van der Waals surface area contributed by atoms with Gasteiger partial charge in [0.1, 0.15) is 0 Å². The maximum Gasteiger partial charge on any atom is 0.426 e. The zero-order chi connectivity index (χ0) is 25.2. The third-order valence-electron chi connectivity index (χ3n) is 6.22. The lowest BCUT2D eigenvalue weighted by molar-refractivity contribution is -0.222. The number of carbonyl (C=O) groups excluding carboxylic acids is 2. The summed E-state index contributed by atoms with van der Waals surface area (Å²) in [6.45, 7) is 5.54. The fourth-order valence-corrected chi connectivity index (χ4v) is 4.26. The van der Waals surface area contributed by atoms with E-state index in [0.717, 1.165) is 19.3 Å². The van der Waals surface area contributed by atoms with Crippen LogP contribution >= 0.6 is 15.9 Å². The summed E-state index contributed by atoms with van der Waals surface area (Å²) in [6, 6.07) is 0. The molecule has 196 valence electrons. The molecule has 0 aromatic rings. The predicted octanol–water partition coefficient (Wildman–Crippen LogP) is 8.30. The number of hydrogen-bond donors (Lipinski definition) is 0. The highest BCUT2D eigenvalue weighted by Gasteiger charge is 2.50. The Morgan fingerprint density at radius 1 is 0.727 bits per heavy atom. The first-order valence-electron chi connectivity index (χ1n) is 12.7. The van der Waals surface area contributed by atoms with Crippen molar-refractivity contribution in [2.45, 2.75) is 129 Å². The molecule has 0 aliphatic rings. The van der Waals surface area contributed by atoms with Gasteiger partial charge in [-0.25, -0.2) is 0 Å². The number of esters is 2. The van der Waals surface area contributed by atoms with Gasteiger partial charge in [0.2, 0.25) is 6.10 Å². The van der Waals surface area contributed by atoms with Gasteiger partial charge in [-0.3, -0.25) is 9.59 Å². The third-order valence-corrected chi connectivity index (χ3v) is 6.81. The molecule has 1 atom stereocenters. The van der Waals surface area contributed by atoms with Crippen LogP contribution in [0.5, 0.6) is 0 Å². The summed E-state index contributed by atoms with van der Waals surface area (Å²) >= 11 is 2.71. The highest BCUT2D eigenvalue weighted by Crippen LogP contribution is 2.33. The number of carbonyl (C=O) groups is 2. The van der Waals surface area contributed by atoms with Crippen molar-refractivity contribution in [1.29, 1.82) is 0 Å². The molecule has 8 heteroatoms. The normalized spacial score (nSPS) is 13.1. The van der Waals surface area contributed by atoms with Crippen LogP contribution in [-0.2, 0) is 19.1 Å². The van der Waals surface area contributed by atoms with Crippen molar-refractivity contribution in [3.63, 3.8) is 0 Å². The highest BCUT2D eigenvalue weighted by atomic mass is 79.9. The number of halogens is 4. The van der Waals surface area contributed by atoms with E-state index >= 15 is 0 Å². The Hall–Kier alpha value is -0.790. The molecule has 4 nitrogen and oxygen atoms in total. The standard InChI is InChI=1S/C25H44BrF3O4/c1-4-7-8-9-10-11-12-13-14-15-16-17-18-19-32-22(30)24(5-2,6-3)23(31)33-21(20-26)25(27,28)29/h21H,4-20H2,1-3H3. The second-order valence-electron chi connectivity index (χ2n) is 8.76. The number of hydrogen-bond acceptors (Lipinski definition) is 4. The van der Waals surface area contributed by atoms with Crippen molar-refractivity contribution in [3.8, 4) is 0 Å². The molecule has 33 heavy (non-hydrogen) atoms. The zero-order valence-corrected chi connectivity index (χ0v) is 22.3. The SMILES string of the molecule is CCCCCCCCCCCCCCCOC(=O)C(CC)(CC)C(=O)OC(CBr)C(F)(F)F. The number of ether oxygens (including phenoxy) is 2. The zero-order valence-electron chi connectivity index (χ0n) is 20.7. The second-order valence-corrected chi connectivity index (χ2v) is 9.41. The second kappa shape index (κ2) is 18.5. The topological polar surface area (TPSA) is 52.6 Å². The Labute approximate surface area is 206 Å². The Bertz CT molecular complexity index is 522. The Morgan fingerprint density at radius 3 is 1.52 bits per heavy atom. The van der Waals surface area contributed by atoms with Gasteiger partial charge < -0.3 is 9.47 Å². The van der Waals surface area contributed by atoms with Gasteiger partial charge in [0.15, 0.2) is 5.41 Å². The molecule has 0 bridgehead atoms. The average Bonchev–Trinajstić information content (AvgIpc) is 2.78. The molecule has 0 rings (SSSR count). The van der Waals surface area contributed by atoms with E-state index in [9.17, 15) is 22.8 Å². The molecule has 0 amide bonds. The summed E-state index contributed by atoms with van der Waals surface area (Å²) in [4.78, 5) is 25.1. The van der Waals surface area contributed by atoms with Crippen molar-refractivity contribution < 1.29 is 32.2 Å². The van der Waals surface area contributed by atoms with Gasteiger partial charge in [0.05, 0.1) is 6.61 Å². The minimum atomic E-state index is -4.70. The summed E-state index contributed by atoms with van der Waals surface area (Å²) in [5, 5.41) is -0.584. The smallest absolute Gasteiger partial charge is 0.426 e. The Morgan fingerprint density at radius 2 is 1.15 bits per heavy atom. The first-order chi connectivity index (χ1) is 15.7. The minimum absolute atomic E-state index is 0.0205. The minimum Gasteiger partial charge on any atom is -0.465 e. The van der Waals surface area contributed by atoms with Crippen molar-refractivity contribution in [2.24, 2.45) is 5.41 Å². The van der Waals surface area contributed by atoms with E-state index < -0.39 is 35.0 Å². The summed E-state index contributed by atoms with van der Waals surface area (Å²) in [6.07, 6.45) is 8.58. The molecule has 0 saturated carbocycles. The number of alkyl halides is 4. The van der Waals surface area contributed by atoms with Crippen LogP contribution in [0.25, 0.3) is 0 Å². The van der Waals surface area contributed by atoms with Gasteiger partial charge in [-0.15, -0.1) is 0 Å². The average molecular weight is 546 g/mol. The van der Waals surface area contributed by atoms with Crippen molar-refractivity contribution in [1.82, 2.24) is 0 Å². The lowest BCUT2D eigenvalue weighted by Crippen LogP contribution is -2.45. The van der Waals surface area contributed by atoms with Gasteiger partial charge in [0, 0.05) is 5.33 Å². The van der Waals surface area contributed by atoms with Crippen molar-refractivity contribution in [2.75, 3.05) is 11.9 Å². The molecule has 0 spiro atoms. The van der Waals surface area contributed by atoms with Crippen LogP contribution in [0.1, 0.15) is 117 Å². The molecule has 0 radical (unpaired) electrons. The summed E-state index contributed by atoms with van der Waals surface area (Å²) in [7, 11) is 0. The molecule has 0 aliphatic heterocycles. The van der Waals surface area contributed by atoms with Gasteiger partial charge in [-0.2, -0.15) is 13.2 Å². The van der Waals surface area contributed by atoms with E-state index in [1.807, 2.05) is 0 Å². The quantitative estimate of drug-likeness (QED) is 0.0669. The van der Waals surface area contributed by atoms with Crippen LogP contribution in [0.15, 0.2) is 0 Å². The van der Waals surface area contributed by atoms with Gasteiger partial charge in [-0.1, -0.05) is 114 Å². The van der Waals surface area contributed by atoms with Crippen LogP contribution in [0.3, 0.4) is 0 Å². The van der Waals surface area contributed by atoms with Crippen LogP contribution in [0.4, 0.5) is 13.2 Å². The summed E-state index contributed by atoms with van der Waals surface area (Å²) in [5.41, 5.74) is -1.71. The molecule has 0 saturated heterocycles. The first kappa shape index (κ1) is 32.2. The largest absolute Gasteiger partial charge is 0.465 e. The lowest BCUT2D eigenvalue weighted by atomic mass is 9.82. The van der Waals surface area contributed by atoms with Gasteiger partial charge in [0.25, 0.3) is 0 Å². The van der Waals surface area contributed by atoms with E-state index in [2.05, 4.69) is 27.6 Å². The first-order valence-corrected chi connectivity index (χ1v) is 13.8. The van der Waals surface area contributed by atoms with E-state index in [0.29, 0.717) is 6.42 Å². The maximum absolute atomic E-state index is 12.9. The number of unbranched alkanes of at least 4 members (excludes halogenated alkanes) is 12. The van der Waals surface area contributed by atoms with E-state index in [-0.39, 0.29) is 19.4 Å². The van der Waals surface area contributed by atoms with Crippen LogP contribution in [0.2, 0.25) is 0 Å². The fourth-order valence-electron chi connectivity index (χ4n) is 3.76. The lowest BCUT2D eigenvalue weighted by Gasteiger charge is -2.29. The summed E-state index contributed by atoms with van der Waals surface area (Å²) in [5.74, 6) is -1.98.